The lowest BCUT2D eigenvalue weighted by Gasteiger charge is -2.21. The van der Waals surface area contributed by atoms with E-state index in [9.17, 15) is 8.42 Å². The molecule has 0 bridgehead atoms. The molecule has 25 heavy (non-hydrogen) atoms. The van der Waals surface area contributed by atoms with Gasteiger partial charge in [0.1, 0.15) is 15.2 Å². The standard InChI is InChI=1S/C18H16N2O2S3/c1-12-4-6-14(17-8-7-15(11-19)24-17)10-16(12)20(3)25(21,22)18-9-5-13(2)23-18/h4-10H,1-3H3. The molecule has 0 aliphatic rings. The van der Waals surface area contributed by atoms with Crippen LogP contribution < -0.4 is 4.31 Å². The predicted molar refractivity (Wildman–Crippen MR) is 104 cm³/mol. The number of sulfonamides is 1. The zero-order valence-electron chi connectivity index (χ0n) is 14.0. The van der Waals surface area contributed by atoms with E-state index in [4.69, 9.17) is 5.26 Å². The van der Waals surface area contributed by atoms with Crippen LogP contribution in [0.15, 0.2) is 46.7 Å². The number of thiophene rings is 2. The van der Waals surface area contributed by atoms with Gasteiger partial charge in [-0.25, -0.2) is 8.42 Å². The van der Waals surface area contributed by atoms with Gasteiger partial charge >= 0.3 is 0 Å². The van der Waals surface area contributed by atoms with Gasteiger partial charge in [-0.15, -0.1) is 22.7 Å². The Kier molecular flexibility index (Phi) is 4.69. The van der Waals surface area contributed by atoms with Gasteiger partial charge in [-0.05, 0) is 55.3 Å². The van der Waals surface area contributed by atoms with Gasteiger partial charge in [0, 0.05) is 16.8 Å². The van der Waals surface area contributed by atoms with Crippen molar-refractivity contribution in [3.8, 4) is 16.5 Å². The summed E-state index contributed by atoms with van der Waals surface area (Å²) in [6.07, 6.45) is 0. The Hall–Kier alpha value is -2.14. The molecule has 0 amide bonds. The maximum absolute atomic E-state index is 12.9. The molecule has 0 unspecified atom stereocenters. The Morgan fingerprint density at radius 2 is 1.80 bits per heavy atom. The van der Waals surface area contributed by atoms with Gasteiger partial charge in [-0.1, -0.05) is 12.1 Å². The number of aryl methyl sites for hydroxylation is 2. The molecule has 0 N–H and O–H groups in total. The summed E-state index contributed by atoms with van der Waals surface area (Å²) in [6, 6.07) is 14.9. The molecule has 0 radical (unpaired) electrons. The topological polar surface area (TPSA) is 61.2 Å². The third-order valence-corrected chi connectivity index (χ3v) is 8.16. The van der Waals surface area contributed by atoms with Crippen LogP contribution in [0, 0.1) is 25.2 Å². The molecular formula is C18H16N2O2S3. The fraction of sp³-hybridized carbons (Fsp3) is 0.167. The highest BCUT2D eigenvalue weighted by Crippen LogP contribution is 2.34. The fourth-order valence-electron chi connectivity index (χ4n) is 2.47. The number of rotatable bonds is 4. The molecule has 2 heterocycles. The van der Waals surface area contributed by atoms with Crippen LogP contribution in [0.3, 0.4) is 0 Å². The molecule has 0 saturated carbocycles. The molecule has 3 rings (SSSR count). The lowest BCUT2D eigenvalue weighted by molar-refractivity contribution is 0.596. The zero-order valence-corrected chi connectivity index (χ0v) is 16.4. The van der Waals surface area contributed by atoms with Gasteiger partial charge in [0.05, 0.1) is 5.69 Å². The predicted octanol–water partition coefficient (Wildman–Crippen LogP) is 4.79. The largest absolute Gasteiger partial charge is 0.273 e. The summed E-state index contributed by atoms with van der Waals surface area (Å²) in [7, 11) is -2.01. The molecule has 0 aliphatic carbocycles. The van der Waals surface area contributed by atoms with E-state index < -0.39 is 10.0 Å². The van der Waals surface area contributed by atoms with Crippen molar-refractivity contribution in [2.75, 3.05) is 11.4 Å². The minimum atomic E-state index is -3.59. The summed E-state index contributed by atoms with van der Waals surface area (Å²) in [4.78, 5) is 2.53. The van der Waals surface area contributed by atoms with Gasteiger partial charge in [-0.3, -0.25) is 4.31 Å². The molecular weight excluding hydrogens is 372 g/mol. The quantitative estimate of drug-likeness (QED) is 0.645. The highest BCUT2D eigenvalue weighted by molar-refractivity contribution is 7.94. The summed E-state index contributed by atoms with van der Waals surface area (Å²) in [5, 5.41) is 8.99. The number of anilines is 1. The van der Waals surface area contributed by atoms with Crippen molar-refractivity contribution in [3.05, 3.63) is 57.8 Å². The van der Waals surface area contributed by atoms with Crippen LogP contribution in [0.1, 0.15) is 15.3 Å². The third-order valence-electron chi connectivity index (χ3n) is 3.88. The molecule has 128 valence electrons. The Labute approximate surface area is 155 Å². The Bertz CT molecular complexity index is 1070. The molecule has 4 nitrogen and oxygen atoms in total. The Morgan fingerprint density at radius 3 is 2.40 bits per heavy atom. The van der Waals surface area contributed by atoms with Gasteiger partial charge in [-0.2, -0.15) is 5.26 Å². The van der Waals surface area contributed by atoms with Crippen molar-refractivity contribution < 1.29 is 8.42 Å². The first-order valence-corrected chi connectivity index (χ1v) is 10.6. The molecule has 7 heteroatoms. The second kappa shape index (κ2) is 6.64. The number of nitrogens with zero attached hydrogens (tertiary/aromatic N) is 2. The van der Waals surface area contributed by atoms with Crippen LogP contribution in [0.25, 0.3) is 10.4 Å². The first-order chi connectivity index (χ1) is 11.8. The van der Waals surface area contributed by atoms with E-state index in [0.717, 1.165) is 20.9 Å². The van der Waals surface area contributed by atoms with E-state index >= 15 is 0 Å². The van der Waals surface area contributed by atoms with Gasteiger partial charge in [0.25, 0.3) is 10.0 Å². The van der Waals surface area contributed by atoms with E-state index in [2.05, 4.69) is 6.07 Å². The summed E-state index contributed by atoms with van der Waals surface area (Å²) in [5.41, 5.74) is 2.41. The van der Waals surface area contributed by atoms with E-state index in [1.165, 1.54) is 27.0 Å². The van der Waals surface area contributed by atoms with E-state index in [1.54, 1.807) is 19.2 Å². The highest BCUT2D eigenvalue weighted by atomic mass is 32.2. The van der Waals surface area contributed by atoms with Crippen LogP contribution in [0.5, 0.6) is 0 Å². The number of nitriles is 1. The lowest BCUT2D eigenvalue weighted by atomic mass is 10.1. The van der Waals surface area contributed by atoms with Gasteiger partial charge in [0.15, 0.2) is 0 Å². The van der Waals surface area contributed by atoms with Gasteiger partial charge in [0.2, 0.25) is 0 Å². The second-order valence-electron chi connectivity index (χ2n) is 5.61. The smallest absolute Gasteiger partial charge is 0.268 e. The van der Waals surface area contributed by atoms with E-state index in [0.29, 0.717) is 14.8 Å². The molecule has 1 aromatic carbocycles. The number of benzene rings is 1. The van der Waals surface area contributed by atoms with Crippen LogP contribution >= 0.6 is 22.7 Å². The highest BCUT2D eigenvalue weighted by Gasteiger charge is 2.24. The summed E-state index contributed by atoms with van der Waals surface area (Å²) >= 11 is 2.66. The Balaban J connectivity index is 2.04. The molecule has 3 aromatic rings. The first kappa shape index (κ1) is 17.7. The zero-order chi connectivity index (χ0) is 18.2. The van der Waals surface area contributed by atoms with Crippen molar-refractivity contribution in [2.24, 2.45) is 0 Å². The molecule has 0 aliphatic heterocycles. The molecule has 0 saturated heterocycles. The van der Waals surface area contributed by atoms with Crippen molar-refractivity contribution in [1.82, 2.24) is 0 Å². The van der Waals surface area contributed by atoms with Gasteiger partial charge < -0.3 is 0 Å². The van der Waals surface area contributed by atoms with Crippen molar-refractivity contribution in [3.63, 3.8) is 0 Å². The van der Waals surface area contributed by atoms with Crippen molar-refractivity contribution in [1.29, 1.82) is 5.26 Å². The fourth-order valence-corrected chi connectivity index (χ4v) is 5.98. The van der Waals surface area contributed by atoms with E-state index in [-0.39, 0.29) is 0 Å². The molecule has 0 spiro atoms. The van der Waals surface area contributed by atoms with Crippen LogP contribution in [0.4, 0.5) is 5.69 Å². The first-order valence-electron chi connectivity index (χ1n) is 7.49. The maximum atomic E-state index is 12.9. The molecule has 0 atom stereocenters. The maximum Gasteiger partial charge on any atom is 0.273 e. The molecule has 2 aromatic heterocycles. The van der Waals surface area contributed by atoms with Crippen LogP contribution in [-0.4, -0.2) is 15.5 Å². The summed E-state index contributed by atoms with van der Waals surface area (Å²) < 4.78 is 27.4. The van der Waals surface area contributed by atoms with Crippen molar-refractivity contribution in [2.45, 2.75) is 18.1 Å². The minimum Gasteiger partial charge on any atom is -0.268 e. The average Bonchev–Trinajstić information content (AvgIpc) is 3.23. The minimum absolute atomic E-state index is 0.334. The monoisotopic (exact) mass is 388 g/mol. The van der Waals surface area contributed by atoms with E-state index in [1.807, 2.05) is 44.2 Å². The lowest BCUT2D eigenvalue weighted by Crippen LogP contribution is -2.26. The summed E-state index contributed by atoms with van der Waals surface area (Å²) in [5.74, 6) is 0. The van der Waals surface area contributed by atoms with Crippen molar-refractivity contribution >= 4 is 38.4 Å². The number of hydrogen-bond acceptors (Lipinski definition) is 5. The molecule has 0 fully saturated rings. The summed E-state index contributed by atoms with van der Waals surface area (Å²) in [6.45, 7) is 3.78. The van der Waals surface area contributed by atoms with Crippen LogP contribution in [0.2, 0.25) is 0 Å². The SMILES string of the molecule is Cc1ccc(S(=O)(=O)N(C)c2cc(-c3ccc(C#N)s3)ccc2C)s1. The second-order valence-corrected chi connectivity index (χ2v) is 10.2. The Morgan fingerprint density at radius 1 is 1.04 bits per heavy atom. The number of hydrogen-bond donors (Lipinski definition) is 0. The third kappa shape index (κ3) is 3.33. The van der Waals surface area contributed by atoms with Crippen LogP contribution in [-0.2, 0) is 10.0 Å². The average molecular weight is 389 g/mol. The normalized spacial score (nSPS) is 11.3.